The first kappa shape index (κ1) is 18.8. The van der Waals surface area contributed by atoms with Gasteiger partial charge in [-0.1, -0.05) is 65.0 Å². The van der Waals surface area contributed by atoms with Crippen molar-refractivity contribution >= 4 is 5.91 Å². The Balaban J connectivity index is 1.86. The Kier molecular flexibility index (Phi) is 6.70. The number of amides is 1. The van der Waals surface area contributed by atoms with Gasteiger partial charge in [0.25, 0.3) is 5.91 Å². The van der Waals surface area contributed by atoms with E-state index in [4.69, 9.17) is 4.74 Å². The zero-order valence-electron chi connectivity index (χ0n) is 15.7. The van der Waals surface area contributed by atoms with Crippen molar-refractivity contribution < 1.29 is 9.53 Å². The lowest BCUT2D eigenvalue weighted by Gasteiger charge is -2.23. The van der Waals surface area contributed by atoms with Gasteiger partial charge in [0.1, 0.15) is 5.75 Å². The normalized spacial score (nSPS) is 18.3. The van der Waals surface area contributed by atoms with Crippen LogP contribution in [0.15, 0.2) is 24.3 Å². The summed E-state index contributed by atoms with van der Waals surface area (Å²) in [5.74, 6) is 0.754. The number of hydrogen-bond acceptors (Lipinski definition) is 2. The minimum Gasteiger partial charge on any atom is -0.481 e. The fraction of sp³-hybridized carbons (Fsp3) is 0.667. The van der Waals surface area contributed by atoms with Gasteiger partial charge in [-0.15, -0.1) is 0 Å². The molecule has 1 fully saturated rings. The molecule has 0 aromatic heterocycles. The molecule has 0 saturated heterocycles. The second-order valence-electron chi connectivity index (χ2n) is 8.09. The highest BCUT2D eigenvalue weighted by molar-refractivity contribution is 5.81. The molecular formula is C21H33NO2. The van der Waals surface area contributed by atoms with Crippen molar-refractivity contribution in [2.24, 2.45) is 0 Å². The molecule has 3 nitrogen and oxygen atoms in total. The van der Waals surface area contributed by atoms with Crippen LogP contribution in [-0.2, 0) is 10.2 Å². The molecule has 0 spiro atoms. The topological polar surface area (TPSA) is 38.3 Å². The van der Waals surface area contributed by atoms with Crippen LogP contribution in [0, 0.1) is 0 Å². The molecule has 1 atom stereocenters. The van der Waals surface area contributed by atoms with Gasteiger partial charge >= 0.3 is 0 Å². The predicted molar refractivity (Wildman–Crippen MR) is 99.5 cm³/mol. The van der Waals surface area contributed by atoms with Crippen LogP contribution in [0.1, 0.15) is 78.2 Å². The number of benzene rings is 1. The van der Waals surface area contributed by atoms with Crippen LogP contribution in [0.5, 0.6) is 5.75 Å². The van der Waals surface area contributed by atoms with E-state index in [-0.39, 0.29) is 11.3 Å². The quantitative estimate of drug-likeness (QED) is 0.845. The van der Waals surface area contributed by atoms with Crippen molar-refractivity contribution in [2.45, 2.75) is 90.2 Å². The predicted octanol–water partition coefficient (Wildman–Crippen LogP) is 4.98. The van der Waals surface area contributed by atoms with Crippen LogP contribution in [0.4, 0.5) is 0 Å². The summed E-state index contributed by atoms with van der Waals surface area (Å²) >= 11 is 0. The molecule has 0 radical (unpaired) electrons. The Hall–Kier alpha value is -1.51. The van der Waals surface area contributed by atoms with Gasteiger partial charge in [-0.2, -0.15) is 0 Å². The van der Waals surface area contributed by atoms with E-state index in [9.17, 15) is 4.79 Å². The first-order valence-electron chi connectivity index (χ1n) is 9.44. The highest BCUT2D eigenvalue weighted by atomic mass is 16.5. The van der Waals surface area contributed by atoms with Crippen molar-refractivity contribution in [1.29, 1.82) is 0 Å². The van der Waals surface area contributed by atoms with Crippen LogP contribution in [0.2, 0.25) is 0 Å². The summed E-state index contributed by atoms with van der Waals surface area (Å²) in [5.41, 5.74) is 1.39. The number of rotatable bonds is 4. The summed E-state index contributed by atoms with van der Waals surface area (Å²) in [6.07, 6.45) is 8.08. The van der Waals surface area contributed by atoms with Gasteiger partial charge in [-0.05, 0) is 42.9 Å². The summed E-state index contributed by atoms with van der Waals surface area (Å²) < 4.78 is 5.83. The molecule has 1 amide bonds. The van der Waals surface area contributed by atoms with E-state index in [2.05, 4.69) is 38.2 Å². The van der Waals surface area contributed by atoms with E-state index in [0.717, 1.165) is 18.6 Å². The van der Waals surface area contributed by atoms with E-state index < -0.39 is 6.10 Å². The van der Waals surface area contributed by atoms with Gasteiger partial charge in [0, 0.05) is 6.04 Å². The summed E-state index contributed by atoms with van der Waals surface area (Å²) in [5, 5.41) is 3.18. The Labute approximate surface area is 147 Å². The van der Waals surface area contributed by atoms with Gasteiger partial charge < -0.3 is 10.1 Å². The SMILES string of the molecule is C[C@H](Oc1ccc(C(C)(C)C)cc1)C(=O)NC1CCCCCCC1. The summed E-state index contributed by atoms with van der Waals surface area (Å²) in [4.78, 5) is 12.4. The van der Waals surface area contributed by atoms with Crippen LogP contribution in [-0.4, -0.2) is 18.1 Å². The minimum atomic E-state index is -0.462. The first-order chi connectivity index (χ1) is 11.4. The number of carbonyl (C=O) groups excluding carboxylic acids is 1. The fourth-order valence-corrected chi connectivity index (χ4v) is 3.21. The van der Waals surface area contributed by atoms with Gasteiger partial charge in [0.15, 0.2) is 6.10 Å². The largest absolute Gasteiger partial charge is 0.481 e. The Morgan fingerprint density at radius 3 is 2.12 bits per heavy atom. The van der Waals surface area contributed by atoms with Crippen molar-refractivity contribution in [1.82, 2.24) is 5.32 Å². The molecule has 2 rings (SSSR count). The number of hydrogen-bond donors (Lipinski definition) is 1. The molecule has 134 valence electrons. The van der Waals surface area contributed by atoms with Gasteiger partial charge in [-0.3, -0.25) is 4.79 Å². The number of carbonyl (C=O) groups is 1. The van der Waals surface area contributed by atoms with Crippen LogP contribution in [0.3, 0.4) is 0 Å². The Morgan fingerprint density at radius 1 is 1.04 bits per heavy atom. The molecule has 0 heterocycles. The lowest BCUT2D eigenvalue weighted by atomic mass is 9.87. The highest BCUT2D eigenvalue weighted by Crippen LogP contribution is 2.24. The third kappa shape index (κ3) is 5.85. The zero-order chi connectivity index (χ0) is 17.6. The lowest BCUT2D eigenvalue weighted by molar-refractivity contribution is -0.128. The smallest absolute Gasteiger partial charge is 0.260 e. The lowest BCUT2D eigenvalue weighted by Crippen LogP contribution is -2.42. The van der Waals surface area contributed by atoms with E-state index in [0.29, 0.717) is 6.04 Å². The number of nitrogens with one attached hydrogen (secondary N) is 1. The van der Waals surface area contributed by atoms with Crippen molar-refractivity contribution in [2.75, 3.05) is 0 Å². The molecule has 1 aromatic rings. The fourth-order valence-electron chi connectivity index (χ4n) is 3.21. The molecule has 1 saturated carbocycles. The summed E-state index contributed by atoms with van der Waals surface area (Å²) in [7, 11) is 0. The Bertz CT molecular complexity index is 508. The maximum atomic E-state index is 12.4. The second kappa shape index (κ2) is 8.55. The molecule has 1 N–H and O–H groups in total. The first-order valence-corrected chi connectivity index (χ1v) is 9.44. The zero-order valence-corrected chi connectivity index (χ0v) is 15.7. The molecular weight excluding hydrogens is 298 g/mol. The summed E-state index contributed by atoms with van der Waals surface area (Å²) in [6.45, 7) is 8.39. The standard InChI is InChI=1S/C21H33NO2/c1-16(20(23)22-18-10-8-6-5-7-9-11-18)24-19-14-12-17(13-15-19)21(2,3)4/h12-16,18H,5-11H2,1-4H3,(H,22,23)/t16-/m0/s1. The third-order valence-corrected chi connectivity index (χ3v) is 4.85. The second-order valence-corrected chi connectivity index (χ2v) is 8.09. The molecule has 0 unspecified atom stereocenters. The number of ether oxygens (including phenoxy) is 1. The minimum absolute atomic E-state index is 0.000436. The van der Waals surface area contributed by atoms with Gasteiger partial charge in [0.2, 0.25) is 0 Å². The molecule has 1 aliphatic carbocycles. The summed E-state index contributed by atoms with van der Waals surface area (Å²) in [6, 6.07) is 8.39. The van der Waals surface area contributed by atoms with Crippen molar-refractivity contribution in [3.63, 3.8) is 0 Å². The molecule has 24 heavy (non-hydrogen) atoms. The molecule has 1 aromatic carbocycles. The average Bonchev–Trinajstić information content (AvgIpc) is 2.49. The third-order valence-electron chi connectivity index (χ3n) is 4.85. The average molecular weight is 332 g/mol. The van der Waals surface area contributed by atoms with E-state index in [1.54, 1.807) is 0 Å². The maximum Gasteiger partial charge on any atom is 0.260 e. The monoisotopic (exact) mass is 331 g/mol. The van der Waals surface area contributed by atoms with Crippen molar-refractivity contribution in [3.05, 3.63) is 29.8 Å². The van der Waals surface area contributed by atoms with Crippen LogP contribution < -0.4 is 10.1 Å². The maximum absolute atomic E-state index is 12.4. The molecule has 0 aliphatic heterocycles. The van der Waals surface area contributed by atoms with Crippen molar-refractivity contribution in [3.8, 4) is 5.75 Å². The van der Waals surface area contributed by atoms with Gasteiger partial charge in [-0.25, -0.2) is 0 Å². The van der Waals surface area contributed by atoms with Gasteiger partial charge in [0.05, 0.1) is 0 Å². The highest BCUT2D eigenvalue weighted by Gasteiger charge is 2.20. The van der Waals surface area contributed by atoms with E-state index in [1.165, 1.54) is 37.7 Å². The molecule has 3 heteroatoms. The molecule has 1 aliphatic rings. The Morgan fingerprint density at radius 2 is 1.58 bits per heavy atom. The van der Waals surface area contributed by atoms with Crippen LogP contribution in [0.25, 0.3) is 0 Å². The van der Waals surface area contributed by atoms with E-state index in [1.807, 2.05) is 19.1 Å². The van der Waals surface area contributed by atoms with E-state index >= 15 is 0 Å². The van der Waals surface area contributed by atoms with Crippen LogP contribution >= 0.6 is 0 Å². The molecule has 0 bridgehead atoms.